The molecule has 23 heavy (non-hydrogen) atoms. The molecule has 0 aliphatic heterocycles. The highest BCUT2D eigenvalue weighted by molar-refractivity contribution is 5.93. The molecule has 0 atom stereocenters. The molecule has 3 rings (SSSR count). The van der Waals surface area contributed by atoms with Gasteiger partial charge >= 0.3 is 5.63 Å². The Kier molecular flexibility index (Phi) is 4.20. The van der Waals surface area contributed by atoms with Gasteiger partial charge in [-0.15, -0.1) is 0 Å². The van der Waals surface area contributed by atoms with E-state index in [1.807, 2.05) is 49.4 Å². The summed E-state index contributed by atoms with van der Waals surface area (Å²) in [6, 6.07) is 15.2. The molecule has 1 aromatic heterocycles. The van der Waals surface area contributed by atoms with E-state index in [0.29, 0.717) is 18.1 Å². The van der Waals surface area contributed by atoms with Crippen molar-refractivity contribution in [2.45, 2.75) is 20.8 Å². The predicted molar refractivity (Wildman–Crippen MR) is 93.0 cm³/mol. The van der Waals surface area contributed by atoms with Gasteiger partial charge in [-0.25, -0.2) is 4.79 Å². The fourth-order valence-electron chi connectivity index (χ4n) is 2.51. The monoisotopic (exact) mass is 308 g/mol. The minimum atomic E-state index is -0.337. The number of rotatable bonds is 4. The van der Waals surface area contributed by atoms with Crippen LogP contribution in [0.25, 0.3) is 22.1 Å². The zero-order chi connectivity index (χ0) is 16.4. The van der Waals surface area contributed by atoms with Crippen molar-refractivity contribution < 1.29 is 9.15 Å². The molecule has 0 fully saturated rings. The maximum absolute atomic E-state index is 11.8. The van der Waals surface area contributed by atoms with Crippen molar-refractivity contribution in [3.05, 3.63) is 64.5 Å². The van der Waals surface area contributed by atoms with Crippen LogP contribution in [-0.2, 0) is 0 Å². The van der Waals surface area contributed by atoms with E-state index in [1.54, 1.807) is 6.07 Å². The number of hydrogen-bond donors (Lipinski definition) is 0. The minimum Gasteiger partial charge on any atom is -0.493 e. The lowest BCUT2D eigenvalue weighted by Gasteiger charge is -2.10. The van der Waals surface area contributed by atoms with E-state index in [-0.39, 0.29) is 5.63 Å². The van der Waals surface area contributed by atoms with E-state index in [1.165, 1.54) is 0 Å². The van der Waals surface area contributed by atoms with E-state index in [9.17, 15) is 4.79 Å². The van der Waals surface area contributed by atoms with Crippen LogP contribution in [0.15, 0.2) is 57.7 Å². The first-order chi connectivity index (χ1) is 11.0. The van der Waals surface area contributed by atoms with Gasteiger partial charge in [-0.3, -0.25) is 0 Å². The van der Waals surface area contributed by atoms with Crippen LogP contribution >= 0.6 is 0 Å². The Labute approximate surface area is 135 Å². The molecule has 0 bridgehead atoms. The SMILES string of the molecule is Cc1ccc2oc(=O)cc(-c3ccc(OCC(C)C)cc3)c2c1. The summed E-state index contributed by atoms with van der Waals surface area (Å²) < 4.78 is 11.0. The Bertz CT molecular complexity index is 874. The highest BCUT2D eigenvalue weighted by Gasteiger charge is 2.08. The van der Waals surface area contributed by atoms with Gasteiger partial charge in [0.1, 0.15) is 11.3 Å². The average Bonchev–Trinajstić information content (AvgIpc) is 2.53. The summed E-state index contributed by atoms with van der Waals surface area (Å²) in [6.07, 6.45) is 0. The van der Waals surface area contributed by atoms with Crippen LogP contribution in [0.3, 0.4) is 0 Å². The van der Waals surface area contributed by atoms with E-state index in [2.05, 4.69) is 13.8 Å². The minimum absolute atomic E-state index is 0.337. The van der Waals surface area contributed by atoms with Crippen molar-refractivity contribution in [2.24, 2.45) is 5.92 Å². The summed E-state index contributed by atoms with van der Waals surface area (Å²) in [5.74, 6) is 1.33. The number of benzene rings is 2. The lowest BCUT2D eigenvalue weighted by Crippen LogP contribution is -2.04. The fourth-order valence-corrected chi connectivity index (χ4v) is 2.51. The summed E-state index contributed by atoms with van der Waals surface area (Å²) in [4.78, 5) is 11.8. The van der Waals surface area contributed by atoms with Gasteiger partial charge in [0.15, 0.2) is 0 Å². The van der Waals surface area contributed by atoms with Gasteiger partial charge in [-0.2, -0.15) is 0 Å². The molecule has 1 heterocycles. The quantitative estimate of drug-likeness (QED) is 0.650. The van der Waals surface area contributed by atoms with Crippen LogP contribution in [0.5, 0.6) is 5.75 Å². The second-order valence-corrected chi connectivity index (χ2v) is 6.21. The molecule has 0 aliphatic rings. The summed E-state index contributed by atoms with van der Waals surface area (Å²) >= 11 is 0. The third-order valence-electron chi connectivity index (χ3n) is 3.65. The Hall–Kier alpha value is -2.55. The topological polar surface area (TPSA) is 39.4 Å². The number of hydrogen-bond acceptors (Lipinski definition) is 3. The zero-order valence-corrected chi connectivity index (χ0v) is 13.6. The van der Waals surface area contributed by atoms with Gasteiger partial charge in [0.05, 0.1) is 6.61 Å². The summed E-state index contributed by atoms with van der Waals surface area (Å²) in [6.45, 7) is 6.95. The van der Waals surface area contributed by atoms with Crippen LogP contribution in [-0.4, -0.2) is 6.61 Å². The average molecular weight is 308 g/mol. The normalized spacial score (nSPS) is 11.1. The zero-order valence-electron chi connectivity index (χ0n) is 13.6. The Morgan fingerprint density at radius 1 is 1.04 bits per heavy atom. The van der Waals surface area contributed by atoms with Crippen molar-refractivity contribution in [1.82, 2.24) is 0 Å². The molecule has 0 N–H and O–H groups in total. The van der Waals surface area contributed by atoms with Crippen molar-refractivity contribution >= 4 is 11.0 Å². The van der Waals surface area contributed by atoms with Gasteiger partial charge < -0.3 is 9.15 Å². The second kappa shape index (κ2) is 6.29. The first kappa shape index (κ1) is 15.3. The van der Waals surface area contributed by atoms with Gasteiger partial charge in [0, 0.05) is 11.5 Å². The number of ether oxygens (including phenoxy) is 1. The van der Waals surface area contributed by atoms with Crippen LogP contribution in [0, 0.1) is 12.8 Å². The van der Waals surface area contributed by atoms with E-state index >= 15 is 0 Å². The molecule has 0 saturated carbocycles. The highest BCUT2D eigenvalue weighted by atomic mass is 16.5. The lowest BCUT2D eigenvalue weighted by molar-refractivity contribution is 0.271. The van der Waals surface area contributed by atoms with Crippen LogP contribution < -0.4 is 10.4 Å². The summed E-state index contributed by atoms with van der Waals surface area (Å²) in [5, 5.41) is 0.945. The first-order valence-corrected chi connectivity index (χ1v) is 7.80. The molecule has 2 aromatic carbocycles. The Morgan fingerprint density at radius 3 is 2.48 bits per heavy atom. The van der Waals surface area contributed by atoms with Crippen LogP contribution in [0.4, 0.5) is 0 Å². The van der Waals surface area contributed by atoms with Gasteiger partial charge in [0.25, 0.3) is 0 Å². The van der Waals surface area contributed by atoms with Crippen molar-refractivity contribution in [3.8, 4) is 16.9 Å². The molecular weight excluding hydrogens is 288 g/mol. The molecule has 0 saturated heterocycles. The standard InChI is InChI=1S/C20H20O3/c1-13(2)12-22-16-7-5-15(6-8-16)17-11-20(21)23-19-9-4-14(3)10-18(17)19/h4-11,13H,12H2,1-3H3. The second-order valence-electron chi connectivity index (χ2n) is 6.21. The molecule has 0 spiro atoms. The molecule has 0 unspecified atom stereocenters. The summed E-state index contributed by atoms with van der Waals surface area (Å²) in [5.41, 5.74) is 3.26. The fraction of sp³-hybridized carbons (Fsp3) is 0.250. The third kappa shape index (κ3) is 3.45. The number of fused-ring (bicyclic) bond motifs is 1. The van der Waals surface area contributed by atoms with Crippen LogP contribution in [0.2, 0.25) is 0 Å². The van der Waals surface area contributed by atoms with Crippen molar-refractivity contribution in [3.63, 3.8) is 0 Å². The molecule has 3 nitrogen and oxygen atoms in total. The molecule has 118 valence electrons. The Morgan fingerprint density at radius 2 is 1.78 bits per heavy atom. The maximum atomic E-state index is 11.8. The number of aryl methyl sites for hydroxylation is 1. The van der Waals surface area contributed by atoms with Crippen molar-refractivity contribution in [2.75, 3.05) is 6.61 Å². The van der Waals surface area contributed by atoms with Crippen LogP contribution in [0.1, 0.15) is 19.4 Å². The van der Waals surface area contributed by atoms with Gasteiger partial charge in [0.2, 0.25) is 0 Å². The highest BCUT2D eigenvalue weighted by Crippen LogP contribution is 2.29. The molecule has 0 amide bonds. The Balaban J connectivity index is 2.02. The van der Waals surface area contributed by atoms with Gasteiger partial charge in [-0.05, 0) is 48.2 Å². The lowest BCUT2D eigenvalue weighted by atomic mass is 10.0. The first-order valence-electron chi connectivity index (χ1n) is 7.80. The maximum Gasteiger partial charge on any atom is 0.336 e. The van der Waals surface area contributed by atoms with E-state index < -0.39 is 0 Å². The predicted octanol–water partition coefficient (Wildman–Crippen LogP) is 4.80. The molecular formula is C20H20O3. The van der Waals surface area contributed by atoms with Gasteiger partial charge in [-0.1, -0.05) is 37.6 Å². The van der Waals surface area contributed by atoms with E-state index in [0.717, 1.165) is 27.8 Å². The van der Waals surface area contributed by atoms with Crippen molar-refractivity contribution in [1.29, 1.82) is 0 Å². The van der Waals surface area contributed by atoms with E-state index in [4.69, 9.17) is 9.15 Å². The summed E-state index contributed by atoms with van der Waals surface area (Å²) in [7, 11) is 0. The third-order valence-corrected chi connectivity index (χ3v) is 3.65. The molecule has 3 heteroatoms. The smallest absolute Gasteiger partial charge is 0.336 e. The molecule has 0 radical (unpaired) electrons. The molecule has 0 aliphatic carbocycles. The molecule has 3 aromatic rings. The largest absolute Gasteiger partial charge is 0.493 e.